The number of aryl methyl sites for hydroxylation is 2. The van der Waals surface area contributed by atoms with Crippen molar-refractivity contribution in [2.24, 2.45) is 11.3 Å². The molecule has 36 heavy (non-hydrogen) atoms. The van der Waals surface area contributed by atoms with Crippen molar-refractivity contribution in [2.45, 2.75) is 39.2 Å². The zero-order chi connectivity index (χ0) is 26.1. The second kappa shape index (κ2) is 10.5. The molecule has 0 spiro atoms. The fraction of sp³-hybridized carbons (Fsp3) is 0.667. The lowest BCUT2D eigenvalue weighted by Gasteiger charge is -2.46. The molecule has 0 aliphatic carbocycles. The second-order valence-electron chi connectivity index (χ2n) is 10.3. The van der Waals surface area contributed by atoms with Crippen LogP contribution in [-0.2, 0) is 19.6 Å². The highest BCUT2D eigenvalue weighted by Crippen LogP contribution is 2.41. The Morgan fingerprint density at radius 3 is 2.47 bits per heavy atom. The maximum absolute atomic E-state index is 13.6. The number of carbonyl (C=O) groups is 2. The zero-order valence-electron chi connectivity index (χ0n) is 20.9. The van der Waals surface area contributed by atoms with Crippen LogP contribution in [0.25, 0.3) is 0 Å². The van der Waals surface area contributed by atoms with E-state index in [1.807, 2.05) is 19.9 Å². The monoisotopic (exact) mass is 524 g/mol. The molecule has 12 heteroatoms. The number of carboxylic acid groups (broad SMARTS) is 1. The molecule has 3 fully saturated rings. The highest BCUT2D eigenvalue weighted by Gasteiger charge is 2.52. The maximum Gasteiger partial charge on any atom is 0.407 e. The highest BCUT2D eigenvalue weighted by molar-refractivity contribution is 7.89. The maximum atomic E-state index is 13.6. The second-order valence-corrected chi connectivity index (χ2v) is 12.2. The van der Waals surface area contributed by atoms with E-state index in [0.29, 0.717) is 32.7 Å². The Hall–Kier alpha value is -2.41. The minimum absolute atomic E-state index is 0.0114. The Kier molecular flexibility index (Phi) is 7.79. The molecule has 0 radical (unpaired) electrons. The summed E-state index contributed by atoms with van der Waals surface area (Å²) < 4.78 is 34.0. The largest absolute Gasteiger partial charge is 0.465 e. The molecule has 3 aliphatic heterocycles. The number of carbonyl (C=O) groups excluding carboxylic acids is 1. The number of piperazine rings is 1. The van der Waals surface area contributed by atoms with Gasteiger partial charge in [0, 0.05) is 57.0 Å². The van der Waals surface area contributed by atoms with E-state index in [0.717, 1.165) is 11.3 Å². The van der Waals surface area contributed by atoms with Crippen LogP contribution in [0.5, 0.6) is 0 Å². The van der Waals surface area contributed by atoms with Crippen molar-refractivity contribution >= 4 is 27.7 Å². The van der Waals surface area contributed by atoms with Crippen molar-refractivity contribution in [3.05, 3.63) is 29.3 Å². The van der Waals surface area contributed by atoms with E-state index in [2.05, 4.69) is 17.0 Å². The molecule has 3 N–H and O–H groups in total. The Bertz CT molecular complexity index is 1080. The quantitative estimate of drug-likeness (QED) is 0.375. The molecule has 3 aliphatic rings. The number of sulfonamides is 1. The third kappa shape index (κ3) is 5.31. The first kappa shape index (κ1) is 26.6. The molecule has 11 nitrogen and oxygen atoms in total. The highest BCUT2D eigenvalue weighted by atomic mass is 32.2. The first-order chi connectivity index (χ1) is 17.1. The molecular weight excluding hydrogens is 488 g/mol. The van der Waals surface area contributed by atoms with E-state index in [1.54, 1.807) is 5.48 Å². The standard InChI is InChI=1S/C24H36N4O7S/c1-17-3-4-20(18(2)13-17)26-8-10-27(11-9-26)36(33,34)16-24(22(29)25-32)6-7-28(23(30)31)21(14-24)19-5-12-35-15-19/h3-4,13,19,21,32H,5-12,14-16H2,1-2H3,(H,25,29)(H,30,31). The van der Waals surface area contributed by atoms with Gasteiger partial charge in [-0.05, 0) is 44.7 Å². The number of piperidine rings is 1. The average Bonchev–Trinajstić information content (AvgIpc) is 3.38. The summed E-state index contributed by atoms with van der Waals surface area (Å²) in [5.74, 6) is -1.39. The van der Waals surface area contributed by atoms with E-state index in [1.165, 1.54) is 14.8 Å². The average molecular weight is 525 g/mol. The normalized spacial score (nSPS) is 27.8. The molecule has 3 heterocycles. The molecule has 0 saturated carbocycles. The summed E-state index contributed by atoms with van der Waals surface area (Å²) in [6.45, 7) is 6.56. The Balaban J connectivity index is 1.51. The number of hydroxylamine groups is 1. The van der Waals surface area contributed by atoms with Crippen LogP contribution in [0.1, 0.15) is 30.4 Å². The molecule has 2 amide bonds. The van der Waals surface area contributed by atoms with Gasteiger partial charge in [0.25, 0.3) is 5.91 Å². The summed E-state index contributed by atoms with van der Waals surface area (Å²) in [4.78, 5) is 28.3. The summed E-state index contributed by atoms with van der Waals surface area (Å²) in [7, 11) is -3.87. The van der Waals surface area contributed by atoms with Gasteiger partial charge in [-0.1, -0.05) is 17.7 Å². The van der Waals surface area contributed by atoms with E-state index in [-0.39, 0.29) is 38.4 Å². The topological polar surface area (TPSA) is 140 Å². The lowest BCUT2D eigenvalue weighted by Crippen LogP contribution is -2.60. The molecule has 3 unspecified atom stereocenters. The molecule has 3 saturated heterocycles. The fourth-order valence-electron chi connectivity index (χ4n) is 5.96. The Labute approximate surface area is 212 Å². The van der Waals surface area contributed by atoms with Crippen LogP contribution in [0, 0.1) is 25.2 Å². The van der Waals surface area contributed by atoms with Crippen LogP contribution < -0.4 is 10.4 Å². The molecule has 4 rings (SSSR count). The number of nitrogens with one attached hydrogen (secondary N) is 1. The SMILES string of the molecule is Cc1ccc(N2CCN(S(=O)(=O)CC3(C(=O)NO)CCN(C(=O)O)C(C4CCOC4)C3)CC2)c(C)c1. The van der Waals surface area contributed by atoms with Crippen LogP contribution in [0.3, 0.4) is 0 Å². The number of ether oxygens (including phenoxy) is 1. The molecule has 200 valence electrons. The summed E-state index contributed by atoms with van der Waals surface area (Å²) in [5.41, 5.74) is 3.62. The first-order valence-electron chi connectivity index (χ1n) is 12.4. The van der Waals surface area contributed by atoms with Gasteiger partial charge in [-0.3, -0.25) is 10.0 Å². The van der Waals surface area contributed by atoms with Crippen LogP contribution in [0.4, 0.5) is 10.5 Å². The molecule has 1 aromatic rings. The van der Waals surface area contributed by atoms with E-state index in [4.69, 9.17) is 4.74 Å². The number of benzene rings is 1. The zero-order valence-corrected chi connectivity index (χ0v) is 21.7. The van der Waals surface area contributed by atoms with Crippen molar-refractivity contribution in [3.63, 3.8) is 0 Å². The smallest absolute Gasteiger partial charge is 0.407 e. The predicted octanol–water partition coefficient (Wildman–Crippen LogP) is 1.43. The molecule has 3 atom stereocenters. The minimum Gasteiger partial charge on any atom is -0.465 e. The number of amides is 2. The van der Waals surface area contributed by atoms with E-state index < -0.39 is 39.2 Å². The van der Waals surface area contributed by atoms with Crippen molar-refractivity contribution in [3.8, 4) is 0 Å². The Morgan fingerprint density at radius 2 is 1.89 bits per heavy atom. The van der Waals surface area contributed by atoms with Gasteiger partial charge < -0.3 is 19.6 Å². The molecular formula is C24H36N4O7S. The van der Waals surface area contributed by atoms with Crippen molar-refractivity contribution in [2.75, 3.05) is 56.6 Å². The third-order valence-electron chi connectivity index (χ3n) is 7.95. The van der Waals surface area contributed by atoms with Gasteiger partial charge in [-0.25, -0.2) is 18.7 Å². The first-order valence-corrected chi connectivity index (χ1v) is 14.0. The van der Waals surface area contributed by atoms with Gasteiger partial charge in [0.15, 0.2) is 0 Å². The number of nitrogens with zero attached hydrogens (tertiary/aromatic N) is 3. The van der Waals surface area contributed by atoms with Gasteiger partial charge in [0.1, 0.15) is 0 Å². The van der Waals surface area contributed by atoms with Gasteiger partial charge >= 0.3 is 6.09 Å². The van der Waals surface area contributed by atoms with Gasteiger partial charge in [0.05, 0.1) is 17.8 Å². The fourth-order valence-corrected chi connectivity index (χ4v) is 7.95. The number of rotatable bonds is 6. The number of hydrogen-bond acceptors (Lipinski definition) is 7. The van der Waals surface area contributed by atoms with Gasteiger partial charge in [0.2, 0.25) is 10.0 Å². The number of anilines is 1. The van der Waals surface area contributed by atoms with Gasteiger partial charge in [-0.15, -0.1) is 0 Å². The lowest BCUT2D eigenvalue weighted by atomic mass is 9.73. The number of likely N-dealkylation sites (tertiary alicyclic amines) is 1. The lowest BCUT2D eigenvalue weighted by molar-refractivity contribution is -0.143. The summed E-state index contributed by atoms with van der Waals surface area (Å²) in [5, 5.41) is 19.3. The molecule has 1 aromatic carbocycles. The summed E-state index contributed by atoms with van der Waals surface area (Å²) in [6.07, 6.45) is -0.437. The number of hydrogen-bond donors (Lipinski definition) is 3. The van der Waals surface area contributed by atoms with Crippen molar-refractivity contribution < 1.29 is 33.1 Å². The minimum atomic E-state index is -3.87. The van der Waals surface area contributed by atoms with E-state index >= 15 is 0 Å². The van der Waals surface area contributed by atoms with Crippen LogP contribution in [0.2, 0.25) is 0 Å². The van der Waals surface area contributed by atoms with Crippen LogP contribution >= 0.6 is 0 Å². The molecule has 0 bridgehead atoms. The van der Waals surface area contributed by atoms with Crippen LogP contribution in [-0.4, -0.2) is 97.7 Å². The summed E-state index contributed by atoms with van der Waals surface area (Å²) in [6, 6.07) is 5.63. The van der Waals surface area contributed by atoms with Gasteiger partial charge in [-0.2, -0.15) is 4.31 Å². The summed E-state index contributed by atoms with van der Waals surface area (Å²) >= 11 is 0. The van der Waals surface area contributed by atoms with Crippen LogP contribution in [0.15, 0.2) is 18.2 Å². The van der Waals surface area contributed by atoms with Crippen molar-refractivity contribution in [1.29, 1.82) is 0 Å². The van der Waals surface area contributed by atoms with E-state index in [9.17, 15) is 28.3 Å². The Morgan fingerprint density at radius 1 is 1.17 bits per heavy atom. The molecule has 0 aromatic heterocycles. The predicted molar refractivity (Wildman–Crippen MR) is 133 cm³/mol. The van der Waals surface area contributed by atoms with Crippen molar-refractivity contribution in [1.82, 2.24) is 14.7 Å². The third-order valence-corrected chi connectivity index (χ3v) is 10.0.